The number of halogens is 2. The third-order valence-corrected chi connectivity index (χ3v) is 6.04. The molecule has 0 atom stereocenters. The molecular weight excluding hydrogens is 457 g/mol. The Balaban J connectivity index is 1.42. The maximum atomic E-state index is 12.7. The summed E-state index contributed by atoms with van der Waals surface area (Å²) in [6.45, 7) is 0.178. The van der Waals surface area contributed by atoms with E-state index in [2.05, 4.69) is 10.1 Å². The van der Waals surface area contributed by atoms with Gasteiger partial charge in [0.15, 0.2) is 5.82 Å². The lowest BCUT2D eigenvalue weighted by Gasteiger charge is -2.02. The zero-order valence-electron chi connectivity index (χ0n) is 15.8. The van der Waals surface area contributed by atoms with Crippen LogP contribution in [0, 0.1) is 0 Å². The molecule has 2 aromatic carbocycles. The fourth-order valence-corrected chi connectivity index (χ4v) is 4.52. The number of hydrogen-bond donors (Lipinski definition) is 0. The van der Waals surface area contributed by atoms with Crippen molar-refractivity contribution in [1.29, 1.82) is 0 Å². The zero-order valence-corrected chi connectivity index (χ0v) is 18.1. The van der Waals surface area contributed by atoms with Crippen molar-refractivity contribution in [3.05, 3.63) is 97.2 Å². The summed E-state index contributed by atoms with van der Waals surface area (Å²) in [6.07, 6.45) is 1.65. The fourth-order valence-electron chi connectivity index (χ4n) is 3.03. The number of ether oxygens (including phenoxy) is 1. The number of para-hydroxylation sites is 1. The van der Waals surface area contributed by atoms with Gasteiger partial charge in [-0.15, -0.1) is 5.10 Å². The molecule has 31 heavy (non-hydrogen) atoms. The first-order valence-electron chi connectivity index (χ1n) is 9.21. The molecule has 0 unspecified atom stereocenters. The number of furan rings is 1. The Labute approximate surface area is 189 Å². The first-order chi connectivity index (χ1) is 15.1. The van der Waals surface area contributed by atoms with Gasteiger partial charge in [0, 0.05) is 6.08 Å². The Morgan fingerprint density at radius 3 is 2.55 bits per heavy atom. The van der Waals surface area contributed by atoms with Crippen molar-refractivity contribution in [2.75, 3.05) is 0 Å². The molecule has 0 saturated heterocycles. The molecule has 5 aromatic rings. The lowest BCUT2D eigenvalue weighted by atomic mass is 10.2. The molecule has 0 aliphatic carbocycles. The summed E-state index contributed by atoms with van der Waals surface area (Å²) < 4.78 is 13.2. The Kier molecular flexibility index (Phi) is 5.23. The predicted molar refractivity (Wildman–Crippen MR) is 121 cm³/mol. The van der Waals surface area contributed by atoms with E-state index in [0.717, 1.165) is 0 Å². The summed E-state index contributed by atoms with van der Waals surface area (Å²) in [6, 6.07) is 18.1. The first kappa shape index (κ1) is 19.8. The van der Waals surface area contributed by atoms with Gasteiger partial charge in [0.25, 0.3) is 5.56 Å². The molecule has 0 aliphatic rings. The molecule has 154 valence electrons. The molecule has 0 amide bonds. The summed E-state index contributed by atoms with van der Waals surface area (Å²) in [4.78, 5) is 17.6. The largest absolute Gasteiger partial charge is 0.486 e. The molecule has 0 N–H and O–H groups in total. The van der Waals surface area contributed by atoms with E-state index in [1.54, 1.807) is 36.4 Å². The van der Waals surface area contributed by atoms with Gasteiger partial charge in [-0.1, -0.05) is 58.8 Å². The lowest BCUT2D eigenvalue weighted by Crippen LogP contribution is -2.23. The third-order valence-electron chi connectivity index (χ3n) is 4.45. The van der Waals surface area contributed by atoms with E-state index in [0.29, 0.717) is 48.2 Å². The molecule has 3 aromatic heterocycles. The molecule has 5 rings (SSSR count). The summed E-state index contributed by atoms with van der Waals surface area (Å²) in [7, 11) is 0. The van der Waals surface area contributed by atoms with Gasteiger partial charge in [-0.2, -0.15) is 9.50 Å². The molecule has 0 aliphatic heterocycles. The molecular formula is C22H13Cl2N3O3S. The van der Waals surface area contributed by atoms with E-state index in [-0.39, 0.29) is 12.2 Å². The van der Waals surface area contributed by atoms with Gasteiger partial charge < -0.3 is 9.15 Å². The van der Waals surface area contributed by atoms with Crippen LogP contribution in [0.4, 0.5) is 0 Å². The highest BCUT2D eigenvalue weighted by Crippen LogP contribution is 2.35. The van der Waals surface area contributed by atoms with Gasteiger partial charge in [-0.05, 0) is 36.4 Å². The smallest absolute Gasteiger partial charge is 0.291 e. The molecule has 0 spiro atoms. The van der Waals surface area contributed by atoms with E-state index < -0.39 is 0 Å². The maximum Gasteiger partial charge on any atom is 0.291 e. The quantitative estimate of drug-likeness (QED) is 0.368. The van der Waals surface area contributed by atoms with Crippen LogP contribution in [0.15, 0.2) is 69.9 Å². The molecule has 3 heterocycles. The minimum Gasteiger partial charge on any atom is -0.486 e. The second-order valence-corrected chi connectivity index (χ2v) is 8.36. The third kappa shape index (κ3) is 3.95. The summed E-state index contributed by atoms with van der Waals surface area (Å²) in [5.74, 6) is 2.17. The van der Waals surface area contributed by atoms with Gasteiger partial charge in [0.1, 0.15) is 28.4 Å². The van der Waals surface area contributed by atoms with Crippen LogP contribution in [0.2, 0.25) is 10.0 Å². The molecule has 6 nitrogen and oxygen atoms in total. The Hall–Kier alpha value is -3.13. The number of hydrogen-bond acceptors (Lipinski definition) is 6. The highest BCUT2D eigenvalue weighted by molar-refractivity contribution is 7.15. The molecule has 9 heteroatoms. The number of thiazole rings is 1. The minimum absolute atomic E-state index is 0.178. The second-order valence-electron chi connectivity index (χ2n) is 6.54. The van der Waals surface area contributed by atoms with Crippen LogP contribution in [0.25, 0.3) is 22.4 Å². The molecule has 0 bridgehead atoms. The van der Waals surface area contributed by atoms with E-state index in [9.17, 15) is 4.79 Å². The number of rotatable bonds is 5. The molecule has 0 fully saturated rings. The monoisotopic (exact) mass is 469 g/mol. The summed E-state index contributed by atoms with van der Waals surface area (Å²) in [5, 5.41) is 5.23. The number of fused-ring (bicyclic) bond motifs is 1. The van der Waals surface area contributed by atoms with E-state index in [1.807, 2.05) is 30.3 Å². The van der Waals surface area contributed by atoms with Crippen molar-refractivity contribution >= 4 is 45.6 Å². The van der Waals surface area contributed by atoms with Crippen molar-refractivity contribution < 1.29 is 9.15 Å². The zero-order chi connectivity index (χ0) is 21.4. The Morgan fingerprint density at radius 1 is 1.03 bits per heavy atom. The van der Waals surface area contributed by atoms with E-state index in [4.69, 9.17) is 32.4 Å². The van der Waals surface area contributed by atoms with E-state index in [1.165, 1.54) is 15.9 Å². The van der Waals surface area contributed by atoms with Gasteiger partial charge in [-0.25, -0.2) is 0 Å². The van der Waals surface area contributed by atoms with Crippen LogP contribution in [-0.2, 0) is 6.61 Å². The Bertz CT molecular complexity index is 1470. The Morgan fingerprint density at radius 2 is 1.81 bits per heavy atom. The normalized spacial score (nSPS) is 12.0. The van der Waals surface area contributed by atoms with E-state index >= 15 is 0 Å². The molecule has 0 radical (unpaired) electrons. The van der Waals surface area contributed by atoms with Gasteiger partial charge in [-0.3, -0.25) is 4.79 Å². The SMILES string of the molecule is O=c1c(=Cc2ccc(-c3c(Cl)cccc3Cl)o2)sc2nc(COc3ccccc3)nn12. The van der Waals surface area contributed by atoms with Crippen LogP contribution in [0.5, 0.6) is 5.75 Å². The van der Waals surface area contributed by atoms with Crippen molar-refractivity contribution in [3.8, 4) is 17.1 Å². The number of benzene rings is 2. The number of nitrogens with zero attached hydrogens (tertiary/aromatic N) is 3. The standard InChI is InChI=1S/C22H13Cl2N3O3S/c23-15-7-4-8-16(24)20(15)17-10-9-14(30-17)11-18-21(28)27-22(31-18)25-19(26-27)12-29-13-5-2-1-3-6-13/h1-11H,12H2. The van der Waals surface area contributed by atoms with Crippen LogP contribution in [0.3, 0.4) is 0 Å². The van der Waals surface area contributed by atoms with Crippen molar-refractivity contribution in [2.45, 2.75) is 6.61 Å². The average Bonchev–Trinajstić information content (AvgIpc) is 3.45. The van der Waals surface area contributed by atoms with Crippen molar-refractivity contribution in [2.24, 2.45) is 0 Å². The van der Waals surface area contributed by atoms with Gasteiger partial charge in [0.2, 0.25) is 4.96 Å². The minimum atomic E-state index is -0.271. The second kappa shape index (κ2) is 8.19. The maximum absolute atomic E-state index is 12.7. The van der Waals surface area contributed by atoms with Crippen LogP contribution in [-0.4, -0.2) is 14.6 Å². The fraction of sp³-hybridized carbons (Fsp3) is 0.0455. The van der Waals surface area contributed by atoms with Crippen LogP contribution < -0.4 is 14.8 Å². The predicted octanol–water partition coefficient (Wildman–Crippen LogP) is 4.84. The van der Waals surface area contributed by atoms with Crippen molar-refractivity contribution in [1.82, 2.24) is 14.6 Å². The molecule has 0 saturated carbocycles. The topological polar surface area (TPSA) is 69.6 Å². The first-order valence-corrected chi connectivity index (χ1v) is 10.8. The van der Waals surface area contributed by atoms with Gasteiger partial charge in [0.05, 0.1) is 15.6 Å². The van der Waals surface area contributed by atoms with Crippen LogP contribution in [0.1, 0.15) is 11.6 Å². The van der Waals surface area contributed by atoms with Crippen LogP contribution >= 0.6 is 34.5 Å². The highest BCUT2D eigenvalue weighted by atomic mass is 35.5. The average molecular weight is 470 g/mol. The highest BCUT2D eigenvalue weighted by Gasteiger charge is 2.14. The van der Waals surface area contributed by atoms with Gasteiger partial charge >= 0.3 is 0 Å². The summed E-state index contributed by atoms with van der Waals surface area (Å²) in [5.41, 5.74) is 0.339. The summed E-state index contributed by atoms with van der Waals surface area (Å²) >= 11 is 13.7. The lowest BCUT2D eigenvalue weighted by molar-refractivity contribution is 0.296. The van der Waals surface area contributed by atoms with Crippen molar-refractivity contribution in [3.63, 3.8) is 0 Å². The number of aromatic nitrogens is 3.